The Morgan fingerprint density at radius 3 is 2.40 bits per heavy atom. The highest BCUT2D eigenvalue weighted by Crippen LogP contribution is 2.30. The van der Waals surface area contributed by atoms with Crippen LogP contribution in [0.3, 0.4) is 0 Å². The second kappa shape index (κ2) is 5.45. The monoisotopic (exact) mass is 344 g/mol. The van der Waals surface area contributed by atoms with Crippen molar-refractivity contribution in [2.75, 3.05) is 0 Å². The minimum Gasteiger partial charge on any atom is -0.294 e. The number of imidazole rings is 1. The summed E-state index contributed by atoms with van der Waals surface area (Å²) in [5.74, 6) is 0.947. The Morgan fingerprint density at radius 1 is 0.950 bits per heavy atom. The number of rotatable bonds is 2. The van der Waals surface area contributed by atoms with Crippen molar-refractivity contribution in [3.8, 4) is 5.69 Å². The Labute approximate surface area is 135 Å². The first-order valence-electron chi connectivity index (χ1n) is 5.78. The van der Waals surface area contributed by atoms with Crippen LogP contribution in [0.25, 0.3) is 16.7 Å². The molecule has 0 saturated heterocycles. The number of nitrogens with zero attached hydrogens (tertiary/aromatic N) is 2. The average molecular weight is 346 g/mol. The van der Waals surface area contributed by atoms with Gasteiger partial charge in [-0.2, -0.15) is 0 Å². The van der Waals surface area contributed by atoms with E-state index in [1.165, 1.54) is 0 Å². The van der Waals surface area contributed by atoms with Gasteiger partial charge in [-0.15, -0.1) is 11.6 Å². The molecule has 0 unspecified atom stereocenters. The van der Waals surface area contributed by atoms with Gasteiger partial charge in [0.15, 0.2) is 0 Å². The SMILES string of the molecule is ClCc1nc2cc(Cl)ccc2n1-c1cc(Cl)ccc1Cl. The van der Waals surface area contributed by atoms with Crippen LogP contribution in [-0.4, -0.2) is 9.55 Å². The number of alkyl halides is 1. The van der Waals surface area contributed by atoms with E-state index in [1.54, 1.807) is 30.3 Å². The predicted octanol–water partition coefficient (Wildman–Crippen LogP) is 5.72. The normalized spacial score (nSPS) is 11.2. The number of hydrogen-bond acceptors (Lipinski definition) is 1. The van der Waals surface area contributed by atoms with E-state index in [9.17, 15) is 0 Å². The Balaban J connectivity index is 2.37. The van der Waals surface area contributed by atoms with Gasteiger partial charge in [0.1, 0.15) is 5.82 Å². The molecule has 1 aromatic heterocycles. The molecule has 0 bridgehead atoms. The summed E-state index contributed by atoms with van der Waals surface area (Å²) in [6, 6.07) is 10.8. The average Bonchev–Trinajstić information content (AvgIpc) is 2.78. The van der Waals surface area contributed by atoms with E-state index in [-0.39, 0.29) is 5.88 Å². The van der Waals surface area contributed by atoms with Gasteiger partial charge >= 0.3 is 0 Å². The van der Waals surface area contributed by atoms with Gasteiger partial charge in [-0.25, -0.2) is 4.98 Å². The molecule has 0 N–H and O–H groups in total. The molecule has 3 rings (SSSR count). The first kappa shape index (κ1) is 14.0. The van der Waals surface area contributed by atoms with Gasteiger partial charge in [0.05, 0.1) is 27.6 Å². The second-order valence-electron chi connectivity index (χ2n) is 4.23. The van der Waals surface area contributed by atoms with Gasteiger partial charge in [0, 0.05) is 10.0 Å². The number of fused-ring (bicyclic) bond motifs is 1. The second-order valence-corrected chi connectivity index (χ2v) is 5.77. The van der Waals surface area contributed by atoms with E-state index in [0.29, 0.717) is 20.9 Å². The molecule has 0 spiro atoms. The standard InChI is InChI=1S/C14H8Cl4N2/c15-7-14-19-11-5-8(16)2-4-12(11)20(14)13-6-9(17)1-3-10(13)18/h1-6H,7H2. The fraction of sp³-hybridized carbons (Fsp3) is 0.0714. The van der Waals surface area contributed by atoms with Crippen LogP contribution in [0.4, 0.5) is 0 Å². The minimum atomic E-state index is 0.259. The number of halogens is 4. The molecule has 0 aliphatic rings. The number of hydrogen-bond donors (Lipinski definition) is 0. The Kier molecular flexibility index (Phi) is 3.83. The molecule has 102 valence electrons. The molecule has 0 fully saturated rings. The van der Waals surface area contributed by atoms with Gasteiger partial charge in [-0.3, -0.25) is 4.57 Å². The first-order valence-corrected chi connectivity index (χ1v) is 7.45. The van der Waals surface area contributed by atoms with Gasteiger partial charge < -0.3 is 0 Å². The summed E-state index contributed by atoms with van der Waals surface area (Å²) in [5, 5.41) is 1.80. The zero-order valence-corrected chi connectivity index (χ0v) is 13.1. The van der Waals surface area contributed by atoms with E-state index in [4.69, 9.17) is 46.4 Å². The minimum absolute atomic E-state index is 0.259. The van der Waals surface area contributed by atoms with E-state index in [0.717, 1.165) is 16.7 Å². The molecular weight excluding hydrogens is 338 g/mol. The van der Waals surface area contributed by atoms with E-state index < -0.39 is 0 Å². The molecule has 0 atom stereocenters. The fourth-order valence-corrected chi connectivity index (χ4v) is 2.83. The molecule has 2 nitrogen and oxygen atoms in total. The zero-order chi connectivity index (χ0) is 14.3. The maximum absolute atomic E-state index is 6.27. The van der Waals surface area contributed by atoms with Crippen molar-refractivity contribution in [1.29, 1.82) is 0 Å². The third kappa shape index (κ3) is 2.38. The third-order valence-electron chi connectivity index (χ3n) is 2.95. The summed E-state index contributed by atoms with van der Waals surface area (Å²) in [4.78, 5) is 4.48. The summed E-state index contributed by atoms with van der Waals surface area (Å²) in [7, 11) is 0. The Hall–Kier alpha value is -0.930. The van der Waals surface area contributed by atoms with Crippen LogP contribution in [0, 0.1) is 0 Å². The molecule has 0 amide bonds. The van der Waals surface area contributed by atoms with Crippen molar-refractivity contribution in [2.45, 2.75) is 5.88 Å². The smallest absolute Gasteiger partial charge is 0.129 e. The lowest BCUT2D eigenvalue weighted by Crippen LogP contribution is -2.00. The van der Waals surface area contributed by atoms with Gasteiger partial charge in [-0.1, -0.05) is 34.8 Å². The maximum Gasteiger partial charge on any atom is 0.129 e. The number of benzene rings is 2. The van der Waals surface area contributed by atoms with Crippen molar-refractivity contribution < 1.29 is 0 Å². The molecule has 0 radical (unpaired) electrons. The highest BCUT2D eigenvalue weighted by atomic mass is 35.5. The van der Waals surface area contributed by atoms with Crippen LogP contribution < -0.4 is 0 Å². The molecule has 1 heterocycles. The van der Waals surface area contributed by atoms with Crippen LogP contribution in [-0.2, 0) is 5.88 Å². The lowest BCUT2D eigenvalue weighted by atomic mass is 10.2. The zero-order valence-electron chi connectivity index (χ0n) is 10.1. The predicted molar refractivity (Wildman–Crippen MR) is 85.7 cm³/mol. The van der Waals surface area contributed by atoms with Crippen molar-refractivity contribution >= 4 is 57.4 Å². The molecule has 0 saturated carbocycles. The molecule has 20 heavy (non-hydrogen) atoms. The highest BCUT2D eigenvalue weighted by molar-refractivity contribution is 6.34. The van der Waals surface area contributed by atoms with Gasteiger partial charge in [0.25, 0.3) is 0 Å². The lowest BCUT2D eigenvalue weighted by molar-refractivity contribution is 0.982. The van der Waals surface area contributed by atoms with Crippen LogP contribution in [0.1, 0.15) is 5.82 Å². The van der Waals surface area contributed by atoms with E-state index in [1.807, 2.05) is 10.6 Å². The molecular formula is C14H8Cl4N2. The third-order valence-corrected chi connectivity index (χ3v) is 3.98. The maximum atomic E-state index is 6.27. The summed E-state index contributed by atoms with van der Waals surface area (Å²) in [6.07, 6.45) is 0. The van der Waals surface area contributed by atoms with Crippen LogP contribution in [0.2, 0.25) is 15.1 Å². The number of aromatic nitrogens is 2. The summed E-state index contributed by atoms with van der Waals surface area (Å²) < 4.78 is 1.90. The molecule has 0 aliphatic carbocycles. The molecule has 3 aromatic rings. The topological polar surface area (TPSA) is 17.8 Å². The van der Waals surface area contributed by atoms with Crippen molar-refractivity contribution in [3.05, 3.63) is 57.3 Å². The highest BCUT2D eigenvalue weighted by Gasteiger charge is 2.14. The van der Waals surface area contributed by atoms with Crippen LogP contribution >= 0.6 is 46.4 Å². The Morgan fingerprint density at radius 2 is 1.65 bits per heavy atom. The van der Waals surface area contributed by atoms with Crippen LogP contribution in [0.15, 0.2) is 36.4 Å². The lowest BCUT2D eigenvalue weighted by Gasteiger charge is -2.10. The Bertz CT molecular complexity index is 795. The quantitative estimate of drug-likeness (QED) is 0.543. The first-order chi connectivity index (χ1) is 9.60. The largest absolute Gasteiger partial charge is 0.294 e. The van der Waals surface area contributed by atoms with E-state index >= 15 is 0 Å². The van der Waals surface area contributed by atoms with E-state index in [2.05, 4.69) is 4.98 Å². The van der Waals surface area contributed by atoms with Gasteiger partial charge in [0.2, 0.25) is 0 Å². The fourth-order valence-electron chi connectivity index (χ4n) is 2.12. The van der Waals surface area contributed by atoms with Crippen molar-refractivity contribution in [3.63, 3.8) is 0 Å². The van der Waals surface area contributed by atoms with Crippen LogP contribution in [0.5, 0.6) is 0 Å². The summed E-state index contributed by atoms with van der Waals surface area (Å²) in [5.41, 5.74) is 2.40. The molecule has 2 aromatic carbocycles. The van der Waals surface area contributed by atoms with Crippen molar-refractivity contribution in [1.82, 2.24) is 9.55 Å². The molecule has 6 heteroatoms. The summed E-state index contributed by atoms with van der Waals surface area (Å²) >= 11 is 24.3. The van der Waals surface area contributed by atoms with Crippen molar-refractivity contribution in [2.24, 2.45) is 0 Å². The van der Waals surface area contributed by atoms with Gasteiger partial charge in [-0.05, 0) is 36.4 Å². The molecule has 0 aliphatic heterocycles. The summed E-state index contributed by atoms with van der Waals surface area (Å²) in [6.45, 7) is 0.